The maximum Gasteiger partial charge on any atom is 0.233 e. The van der Waals surface area contributed by atoms with Crippen LogP contribution in [0.2, 0.25) is 0 Å². The molecule has 2 aromatic rings. The van der Waals surface area contributed by atoms with Crippen molar-refractivity contribution in [3.05, 3.63) is 24.3 Å². The van der Waals surface area contributed by atoms with E-state index in [-0.39, 0.29) is 12.5 Å². The summed E-state index contributed by atoms with van der Waals surface area (Å²) in [7, 11) is 0. The van der Waals surface area contributed by atoms with E-state index in [1.807, 2.05) is 29.2 Å². The number of rotatable bonds is 4. The molecule has 0 radical (unpaired) electrons. The van der Waals surface area contributed by atoms with Crippen LogP contribution >= 0.6 is 11.8 Å². The minimum absolute atomic E-state index is 0.150. The van der Waals surface area contributed by atoms with Gasteiger partial charge in [0.05, 0.1) is 16.8 Å². The summed E-state index contributed by atoms with van der Waals surface area (Å²) in [6.45, 7) is 1.74. The number of amides is 1. The third-order valence-electron chi connectivity index (χ3n) is 3.93. The molecule has 112 valence electrons. The van der Waals surface area contributed by atoms with Gasteiger partial charge in [-0.1, -0.05) is 23.9 Å². The molecule has 6 heteroatoms. The Morgan fingerprint density at radius 1 is 1.38 bits per heavy atom. The number of benzene rings is 1. The number of aromatic nitrogens is 2. The fourth-order valence-electron chi connectivity index (χ4n) is 2.58. The number of carbonyl (C=O) groups is 1. The third-order valence-corrected chi connectivity index (χ3v) is 4.78. The molecule has 0 unspecified atom stereocenters. The molecule has 3 rings (SSSR count). The number of hydrogen-bond acceptors (Lipinski definition) is 4. The van der Waals surface area contributed by atoms with Crippen LogP contribution in [-0.2, 0) is 4.79 Å². The van der Waals surface area contributed by atoms with Gasteiger partial charge in [-0.15, -0.1) is 0 Å². The zero-order chi connectivity index (χ0) is 14.7. The molecule has 2 heterocycles. The van der Waals surface area contributed by atoms with Gasteiger partial charge in [-0.25, -0.2) is 4.98 Å². The molecule has 1 aromatic heterocycles. The Bertz CT molecular complexity index is 587. The lowest BCUT2D eigenvalue weighted by Crippen LogP contribution is -2.40. The van der Waals surface area contributed by atoms with E-state index in [1.165, 1.54) is 11.8 Å². The standard InChI is InChI=1S/C15H19N3O2S/c19-9-11-5-7-18(8-6-11)14(20)10-21-15-16-12-3-1-2-4-13(12)17-15/h1-4,11,19H,5-10H2,(H,16,17). The van der Waals surface area contributed by atoms with E-state index < -0.39 is 0 Å². The normalized spacial score (nSPS) is 16.5. The summed E-state index contributed by atoms with van der Waals surface area (Å²) >= 11 is 1.45. The van der Waals surface area contributed by atoms with Gasteiger partial charge in [-0.2, -0.15) is 0 Å². The van der Waals surface area contributed by atoms with Crippen LogP contribution in [0.1, 0.15) is 12.8 Å². The summed E-state index contributed by atoms with van der Waals surface area (Å²) in [6.07, 6.45) is 1.80. The van der Waals surface area contributed by atoms with Crippen LogP contribution in [0.15, 0.2) is 29.4 Å². The average Bonchev–Trinajstić information content (AvgIpc) is 2.95. The highest BCUT2D eigenvalue weighted by atomic mass is 32.2. The van der Waals surface area contributed by atoms with Crippen LogP contribution < -0.4 is 0 Å². The summed E-state index contributed by atoms with van der Waals surface area (Å²) in [4.78, 5) is 21.8. The number of aliphatic hydroxyl groups is 1. The second kappa shape index (κ2) is 6.49. The molecule has 2 N–H and O–H groups in total. The first-order valence-electron chi connectivity index (χ1n) is 7.22. The Balaban J connectivity index is 1.54. The van der Waals surface area contributed by atoms with Gasteiger partial charge in [0, 0.05) is 19.7 Å². The van der Waals surface area contributed by atoms with Crippen molar-refractivity contribution in [3.63, 3.8) is 0 Å². The second-order valence-corrected chi connectivity index (χ2v) is 6.32. The maximum atomic E-state index is 12.2. The van der Waals surface area contributed by atoms with Gasteiger partial charge in [-0.3, -0.25) is 4.79 Å². The molecule has 0 aliphatic carbocycles. The summed E-state index contributed by atoms with van der Waals surface area (Å²) in [5, 5.41) is 9.90. The summed E-state index contributed by atoms with van der Waals surface area (Å²) in [5.41, 5.74) is 1.92. The molecular formula is C15H19N3O2S. The maximum absolute atomic E-state index is 12.2. The summed E-state index contributed by atoms with van der Waals surface area (Å²) in [6, 6.07) is 7.85. The number of aliphatic hydroxyl groups excluding tert-OH is 1. The highest BCUT2D eigenvalue weighted by molar-refractivity contribution is 7.99. The minimum atomic E-state index is 0.150. The van der Waals surface area contributed by atoms with E-state index in [2.05, 4.69) is 9.97 Å². The predicted octanol–water partition coefficient (Wildman–Crippen LogP) is 1.89. The minimum Gasteiger partial charge on any atom is -0.396 e. The fourth-order valence-corrected chi connectivity index (χ4v) is 3.37. The van der Waals surface area contributed by atoms with Crippen LogP contribution in [0.5, 0.6) is 0 Å². The number of para-hydroxylation sites is 2. The van der Waals surface area contributed by atoms with Gasteiger partial charge in [0.2, 0.25) is 5.91 Å². The summed E-state index contributed by atoms with van der Waals surface area (Å²) in [5.74, 6) is 0.915. The molecular weight excluding hydrogens is 286 g/mol. The Morgan fingerprint density at radius 3 is 2.86 bits per heavy atom. The van der Waals surface area contributed by atoms with E-state index in [0.29, 0.717) is 11.7 Å². The van der Waals surface area contributed by atoms with Gasteiger partial charge in [0.15, 0.2) is 5.16 Å². The molecule has 1 aliphatic heterocycles. The van der Waals surface area contributed by atoms with E-state index in [1.54, 1.807) is 0 Å². The van der Waals surface area contributed by atoms with Crippen LogP contribution in [0.4, 0.5) is 0 Å². The monoisotopic (exact) mass is 305 g/mol. The predicted molar refractivity (Wildman–Crippen MR) is 83.2 cm³/mol. The van der Waals surface area contributed by atoms with Crippen LogP contribution in [-0.4, -0.2) is 51.3 Å². The lowest BCUT2D eigenvalue weighted by Gasteiger charge is -2.31. The number of H-pyrrole nitrogens is 1. The van der Waals surface area contributed by atoms with Crippen LogP contribution in [0, 0.1) is 5.92 Å². The molecule has 1 saturated heterocycles. The number of aromatic amines is 1. The zero-order valence-electron chi connectivity index (χ0n) is 11.8. The Hall–Kier alpha value is -1.53. The van der Waals surface area contributed by atoms with Crippen molar-refractivity contribution in [2.45, 2.75) is 18.0 Å². The topological polar surface area (TPSA) is 69.2 Å². The van der Waals surface area contributed by atoms with E-state index in [0.717, 1.165) is 42.1 Å². The van der Waals surface area contributed by atoms with Gasteiger partial charge >= 0.3 is 0 Å². The molecule has 1 amide bonds. The Kier molecular flexibility index (Phi) is 4.45. The van der Waals surface area contributed by atoms with Crippen molar-refractivity contribution >= 4 is 28.7 Å². The number of nitrogens with one attached hydrogen (secondary N) is 1. The Labute approximate surface area is 127 Å². The first kappa shape index (κ1) is 14.4. The van der Waals surface area contributed by atoms with Gasteiger partial charge in [0.25, 0.3) is 0 Å². The van der Waals surface area contributed by atoms with Crippen molar-refractivity contribution < 1.29 is 9.90 Å². The largest absolute Gasteiger partial charge is 0.396 e. The van der Waals surface area contributed by atoms with Crippen molar-refractivity contribution in [1.29, 1.82) is 0 Å². The smallest absolute Gasteiger partial charge is 0.233 e. The van der Waals surface area contributed by atoms with Gasteiger partial charge in [0.1, 0.15) is 0 Å². The number of nitrogens with zero attached hydrogens (tertiary/aromatic N) is 2. The zero-order valence-corrected chi connectivity index (χ0v) is 12.6. The lowest BCUT2D eigenvalue weighted by molar-refractivity contribution is -0.129. The first-order chi connectivity index (χ1) is 10.3. The highest BCUT2D eigenvalue weighted by Gasteiger charge is 2.22. The van der Waals surface area contributed by atoms with Crippen molar-refractivity contribution in [2.75, 3.05) is 25.4 Å². The molecule has 0 saturated carbocycles. The molecule has 0 atom stereocenters. The average molecular weight is 305 g/mol. The number of hydrogen-bond donors (Lipinski definition) is 2. The number of imidazole rings is 1. The summed E-state index contributed by atoms with van der Waals surface area (Å²) < 4.78 is 0. The SMILES string of the molecule is O=C(CSc1nc2ccccc2[nH]1)N1CCC(CO)CC1. The van der Waals surface area contributed by atoms with Gasteiger partial charge < -0.3 is 15.0 Å². The molecule has 1 aliphatic rings. The third kappa shape index (κ3) is 3.39. The Morgan fingerprint density at radius 2 is 2.14 bits per heavy atom. The number of fused-ring (bicyclic) bond motifs is 1. The molecule has 0 spiro atoms. The van der Waals surface area contributed by atoms with E-state index in [9.17, 15) is 4.79 Å². The van der Waals surface area contributed by atoms with Crippen LogP contribution in [0.25, 0.3) is 11.0 Å². The van der Waals surface area contributed by atoms with Gasteiger partial charge in [-0.05, 0) is 30.9 Å². The number of piperidine rings is 1. The van der Waals surface area contributed by atoms with Crippen molar-refractivity contribution in [1.82, 2.24) is 14.9 Å². The molecule has 1 aromatic carbocycles. The number of thioether (sulfide) groups is 1. The van der Waals surface area contributed by atoms with Crippen molar-refractivity contribution in [2.24, 2.45) is 5.92 Å². The van der Waals surface area contributed by atoms with Crippen molar-refractivity contribution in [3.8, 4) is 0 Å². The lowest BCUT2D eigenvalue weighted by atomic mass is 9.98. The van der Waals surface area contributed by atoms with E-state index >= 15 is 0 Å². The number of carbonyl (C=O) groups excluding carboxylic acids is 1. The molecule has 1 fully saturated rings. The number of likely N-dealkylation sites (tertiary alicyclic amines) is 1. The molecule has 5 nitrogen and oxygen atoms in total. The molecule has 0 bridgehead atoms. The van der Waals surface area contributed by atoms with Crippen LogP contribution in [0.3, 0.4) is 0 Å². The molecule has 21 heavy (non-hydrogen) atoms. The van der Waals surface area contributed by atoms with E-state index in [4.69, 9.17) is 5.11 Å². The quantitative estimate of drug-likeness (QED) is 0.846. The first-order valence-corrected chi connectivity index (χ1v) is 8.21. The second-order valence-electron chi connectivity index (χ2n) is 5.35. The fraction of sp³-hybridized carbons (Fsp3) is 0.467. The highest BCUT2D eigenvalue weighted by Crippen LogP contribution is 2.21.